The molecule has 0 saturated heterocycles. The third-order valence-electron chi connectivity index (χ3n) is 2.68. The Hall–Kier alpha value is -1.88. The summed E-state index contributed by atoms with van der Waals surface area (Å²) in [6.45, 7) is 0. The first-order chi connectivity index (χ1) is 8.63. The second-order valence-corrected chi connectivity index (χ2v) is 4.83. The molecule has 2 aromatic heterocycles. The molecule has 0 saturated carbocycles. The van der Waals surface area contributed by atoms with Gasteiger partial charge in [-0.05, 0) is 46.3 Å². The van der Waals surface area contributed by atoms with E-state index in [2.05, 4.69) is 20.9 Å². The number of nitrogens with zero attached hydrogens (tertiary/aromatic N) is 2. The number of imidazole rings is 1. The SMILES string of the molecule is Nc1ccc2nc(-c3ccc(F)cc3Br)cn2c1. The van der Waals surface area contributed by atoms with Crippen molar-refractivity contribution >= 4 is 27.3 Å². The molecule has 0 amide bonds. The first kappa shape index (κ1) is 11.2. The summed E-state index contributed by atoms with van der Waals surface area (Å²) in [5, 5.41) is 0. The van der Waals surface area contributed by atoms with Crippen LogP contribution in [0.5, 0.6) is 0 Å². The van der Waals surface area contributed by atoms with Crippen molar-refractivity contribution in [1.29, 1.82) is 0 Å². The van der Waals surface area contributed by atoms with Crippen LogP contribution >= 0.6 is 15.9 Å². The smallest absolute Gasteiger partial charge is 0.137 e. The highest BCUT2D eigenvalue weighted by Gasteiger charge is 2.08. The summed E-state index contributed by atoms with van der Waals surface area (Å²) in [6, 6.07) is 8.18. The van der Waals surface area contributed by atoms with Gasteiger partial charge in [-0.3, -0.25) is 0 Å². The van der Waals surface area contributed by atoms with Crippen LogP contribution in [0.4, 0.5) is 10.1 Å². The Bertz CT molecular complexity index is 736. The van der Waals surface area contributed by atoms with E-state index in [0.717, 1.165) is 16.9 Å². The molecule has 0 spiro atoms. The quantitative estimate of drug-likeness (QED) is 0.748. The molecule has 0 radical (unpaired) electrons. The second kappa shape index (κ2) is 4.10. The van der Waals surface area contributed by atoms with Crippen molar-refractivity contribution in [2.24, 2.45) is 0 Å². The number of benzene rings is 1. The molecular weight excluding hydrogens is 297 g/mol. The number of fused-ring (bicyclic) bond motifs is 1. The summed E-state index contributed by atoms with van der Waals surface area (Å²) >= 11 is 3.34. The van der Waals surface area contributed by atoms with Gasteiger partial charge in [-0.15, -0.1) is 0 Å². The number of pyridine rings is 1. The maximum absolute atomic E-state index is 13.0. The van der Waals surface area contributed by atoms with Crippen molar-refractivity contribution < 1.29 is 4.39 Å². The van der Waals surface area contributed by atoms with Crippen LogP contribution < -0.4 is 5.73 Å². The Labute approximate surface area is 111 Å². The predicted octanol–water partition coefficient (Wildman–Crippen LogP) is 3.49. The molecule has 90 valence electrons. The Kier molecular flexibility index (Phi) is 2.56. The van der Waals surface area contributed by atoms with E-state index in [-0.39, 0.29) is 5.82 Å². The molecule has 0 fully saturated rings. The Balaban J connectivity index is 2.19. The molecule has 0 bridgehead atoms. The molecule has 0 atom stereocenters. The highest BCUT2D eigenvalue weighted by atomic mass is 79.9. The fraction of sp³-hybridized carbons (Fsp3) is 0. The van der Waals surface area contributed by atoms with Crippen LogP contribution in [0.1, 0.15) is 0 Å². The van der Waals surface area contributed by atoms with Gasteiger partial charge < -0.3 is 10.1 Å². The predicted molar refractivity (Wildman–Crippen MR) is 72.7 cm³/mol. The lowest BCUT2D eigenvalue weighted by Crippen LogP contribution is -1.88. The third kappa shape index (κ3) is 1.86. The maximum Gasteiger partial charge on any atom is 0.137 e. The van der Waals surface area contributed by atoms with Crippen molar-refractivity contribution in [1.82, 2.24) is 9.38 Å². The maximum atomic E-state index is 13.0. The van der Waals surface area contributed by atoms with Crippen molar-refractivity contribution in [2.75, 3.05) is 5.73 Å². The van der Waals surface area contributed by atoms with E-state index in [4.69, 9.17) is 5.73 Å². The second-order valence-electron chi connectivity index (χ2n) is 3.98. The van der Waals surface area contributed by atoms with E-state index in [0.29, 0.717) is 10.2 Å². The van der Waals surface area contributed by atoms with Gasteiger partial charge in [-0.2, -0.15) is 0 Å². The molecule has 0 unspecified atom stereocenters. The average Bonchev–Trinajstić information content (AvgIpc) is 2.71. The van der Waals surface area contributed by atoms with Gasteiger partial charge in [0.1, 0.15) is 11.5 Å². The zero-order valence-electron chi connectivity index (χ0n) is 9.27. The fourth-order valence-electron chi connectivity index (χ4n) is 1.84. The fourth-order valence-corrected chi connectivity index (χ4v) is 2.39. The van der Waals surface area contributed by atoms with E-state index in [9.17, 15) is 4.39 Å². The molecule has 3 nitrogen and oxygen atoms in total. The molecule has 0 aliphatic rings. The molecule has 5 heteroatoms. The van der Waals surface area contributed by atoms with Gasteiger partial charge >= 0.3 is 0 Å². The lowest BCUT2D eigenvalue weighted by atomic mass is 10.2. The van der Waals surface area contributed by atoms with Crippen LogP contribution in [-0.2, 0) is 0 Å². The number of nitrogen functional groups attached to an aromatic ring is 1. The molecule has 2 heterocycles. The molecule has 0 aliphatic heterocycles. The van der Waals surface area contributed by atoms with Crippen LogP contribution in [0.15, 0.2) is 47.2 Å². The Morgan fingerprint density at radius 3 is 2.78 bits per heavy atom. The minimum atomic E-state index is -0.279. The Morgan fingerprint density at radius 2 is 2.00 bits per heavy atom. The van der Waals surface area contributed by atoms with Crippen molar-refractivity contribution in [3.05, 3.63) is 53.0 Å². The first-order valence-electron chi connectivity index (χ1n) is 5.33. The zero-order chi connectivity index (χ0) is 12.7. The van der Waals surface area contributed by atoms with Crippen LogP contribution in [0.3, 0.4) is 0 Å². The van der Waals surface area contributed by atoms with E-state index in [1.54, 1.807) is 18.3 Å². The van der Waals surface area contributed by atoms with Gasteiger partial charge in [-0.1, -0.05) is 0 Å². The summed E-state index contributed by atoms with van der Waals surface area (Å²) in [5.74, 6) is -0.279. The van der Waals surface area contributed by atoms with Crippen molar-refractivity contribution in [2.45, 2.75) is 0 Å². The lowest BCUT2D eigenvalue weighted by molar-refractivity contribution is 0.627. The van der Waals surface area contributed by atoms with Gasteiger partial charge in [0, 0.05) is 28.1 Å². The Morgan fingerprint density at radius 1 is 1.17 bits per heavy atom. The highest BCUT2D eigenvalue weighted by molar-refractivity contribution is 9.10. The number of hydrogen-bond donors (Lipinski definition) is 1. The molecule has 1 aromatic carbocycles. The summed E-state index contributed by atoms with van der Waals surface area (Å²) in [4.78, 5) is 4.47. The average molecular weight is 306 g/mol. The molecule has 2 N–H and O–H groups in total. The molecule has 0 aliphatic carbocycles. The number of rotatable bonds is 1. The van der Waals surface area contributed by atoms with Gasteiger partial charge in [-0.25, -0.2) is 9.37 Å². The molecule has 3 rings (SSSR count). The van der Waals surface area contributed by atoms with E-state index in [1.807, 2.05) is 16.7 Å². The van der Waals surface area contributed by atoms with E-state index < -0.39 is 0 Å². The zero-order valence-corrected chi connectivity index (χ0v) is 10.9. The number of nitrogens with two attached hydrogens (primary N) is 1. The number of anilines is 1. The van der Waals surface area contributed by atoms with Crippen LogP contribution in [0, 0.1) is 5.82 Å². The molecular formula is C13H9BrFN3. The first-order valence-corrected chi connectivity index (χ1v) is 6.12. The summed E-state index contributed by atoms with van der Waals surface area (Å²) < 4.78 is 15.6. The van der Waals surface area contributed by atoms with E-state index >= 15 is 0 Å². The number of hydrogen-bond acceptors (Lipinski definition) is 2. The minimum Gasteiger partial charge on any atom is -0.398 e. The highest BCUT2D eigenvalue weighted by Crippen LogP contribution is 2.28. The summed E-state index contributed by atoms with van der Waals surface area (Å²) in [7, 11) is 0. The van der Waals surface area contributed by atoms with Gasteiger partial charge in [0.15, 0.2) is 0 Å². The van der Waals surface area contributed by atoms with Crippen LogP contribution in [0.25, 0.3) is 16.9 Å². The normalized spacial score (nSPS) is 11.0. The minimum absolute atomic E-state index is 0.279. The third-order valence-corrected chi connectivity index (χ3v) is 3.34. The lowest BCUT2D eigenvalue weighted by Gasteiger charge is -1.99. The van der Waals surface area contributed by atoms with Gasteiger partial charge in [0.25, 0.3) is 0 Å². The van der Waals surface area contributed by atoms with Gasteiger partial charge in [0.05, 0.1) is 5.69 Å². The summed E-state index contributed by atoms with van der Waals surface area (Å²) in [6.07, 6.45) is 3.66. The largest absolute Gasteiger partial charge is 0.398 e. The van der Waals surface area contributed by atoms with E-state index in [1.165, 1.54) is 12.1 Å². The monoisotopic (exact) mass is 305 g/mol. The molecule has 3 aromatic rings. The van der Waals surface area contributed by atoms with Crippen LogP contribution in [0.2, 0.25) is 0 Å². The molecule has 18 heavy (non-hydrogen) atoms. The van der Waals surface area contributed by atoms with Gasteiger partial charge in [0.2, 0.25) is 0 Å². The standard InChI is InChI=1S/C13H9BrFN3/c14-11-5-8(15)1-3-10(11)12-7-18-6-9(16)2-4-13(18)17-12/h1-7H,16H2. The summed E-state index contributed by atoms with van der Waals surface area (Å²) in [5.41, 5.74) is 8.80. The van der Waals surface area contributed by atoms with Crippen LogP contribution in [-0.4, -0.2) is 9.38 Å². The van der Waals surface area contributed by atoms with Crippen molar-refractivity contribution in [3.63, 3.8) is 0 Å². The number of aromatic nitrogens is 2. The number of halogens is 2. The van der Waals surface area contributed by atoms with Crippen molar-refractivity contribution in [3.8, 4) is 11.3 Å². The topological polar surface area (TPSA) is 43.3 Å².